The number of alkyl carbamates (subject to hydrolysis) is 1. The van der Waals surface area contributed by atoms with E-state index in [1.165, 1.54) is 7.11 Å². The molecule has 1 aliphatic rings. The minimum absolute atomic E-state index is 0.244. The van der Waals surface area contributed by atoms with E-state index in [0.717, 1.165) is 25.7 Å². The quantitative estimate of drug-likeness (QED) is 0.459. The van der Waals surface area contributed by atoms with E-state index < -0.39 is 0 Å². The van der Waals surface area contributed by atoms with Crippen molar-refractivity contribution in [3.05, 3.63) is 12.2 Å². The fourth-order valence-electron chi connectivity index (χ4n) is 1.52. The fourth-order valence-corrected chi connectivity index (χ4v) is 2.42. The number of carbonyl (C=O) groups excluding carboxylic acids is 1. The molecule has 0 saturated carbocycles. The SMILES string of the molecule is COC(=O)N[C@@H]1CCC=CCC[C@@H]1I. The van der Waals surface area contributed by atoms with Crippen molar-refractivity contribution < 1.29 is 9.53 Å². The van der Waals surface area contributed by atoms with Crippen molar-refractivity contribution in [3.8, 4) is 0 Å². The van der Waals surface area contributed by atoms with Crippen molar-refractivity contribution in [2.75, 3.05) is 7.11 Å². The van der Waals surface area contributed by atoms with Crippen molar-refractivity contribution >= 4 is 28.7 Å². The van der Waals surface area contributed by atoms with Crippen molar-refractivity contribution in [3.63, 3.8) is 0 Å². The number of hydrogen-bond donors (Lipinski definition) is 1. The van der Waals surface area contributed by atoms with Gasteiger partial charge in [-0.3, -0.25) is 0 Å². The second-order valence-electron chi connectivity index (χ2n) is 3.38. The van der Waals surface area contributed by atoms with Gasteiger partial charge in [0.05, 0.1) is 7.11 Å². The van der Waals surface area contributed by atoms with Crippen LogP contribution < -0.4 is 5.32 Å². The molecular weight excluding hydrogens is 293 g/mol. The van der Waals surface area contributed by atoms with E-state index in [-0.39, 0.29) is 12.1 Å². The molecule has 0 radical (unpaired) electrons. The van der Waals surface area contributed by atoms with E-state index >= 15 is 0 Å². The smallest absolute Gasteiger partial charge is 0.407 e. The number of hydrogen-bond acceptors (Lipinski definition) is 2. The predicted octanol–water partition coefficient (Wildman–Crippen LogP) is 2.64. The second kappa shape index (κ2) is 6.27. The van der Waals surface area contributed by atoms with Gasteiger partial charge in [0.15, 0.2) is 0 Å². The number of ether oxygens (including phenoxy) is 1. The Kier molecular flexibility index (Phi) is 5.29. The van der Waals surface area contributed by atoms with Gasteiger partial charge >= 0.3 is 6.09 Å². The maximum absolute atomic E-state index is 11.1. The first-order chi connectivity index (χ1) is 6.74. The van der Waals surface area contributed by atoms with Gasteiger partial charge in [-0.25, -0.2) is 4.79 Å². The molecule has 1 rings (SSSR count). The second-order valence-corrected chi connectivity index (χ2v) is 4.98. The highest BCUT2D eigenvalue weighted by atomic mass is 127. The Labute approximate surface area is 98.4 Å². The van der Waals surface area contributed by atoms with Gasteiger partial charge in [-0.2, -0.15) is 0 Å². The molecular formula is C10H16INO2. The largest absolute Gasteiger partial charge is 0.453 e. The molecule has 0 aromatic heterocycles. The topological polar surface area (TPSA) is 38.3 Å². The molecule has 3 nitrogen and oxygen atoms in total. The fraction of sp³-hybridized carbons (Fsp3) is 0.700. The third-order valence-corrected chi connectivity index (χ3v) is 3.84. The summed E-state index contributed by atoms with van der Waals surface area (Å²) in [6.07, 6.45) is 8.35. The summed E-state index contributed by atoms with van der Waals surface area (Å²) in [7, 11) is 1.40. The van der Waals surface area contributed by atoms with Crippen LogP contribution in [0.1, 0.15) is 25.7 Å². The van der Waals surface area contributed by atoms with Gasteiger partial charge in [-0.15, -0.1) is 0 Å². The molecule has 0 fully saturated rings. The van der Waals surface area contributed by atoms with Gasteiger partial charge in [0.1, 0.15) is 0 Å². The van der Waals surface area contributed by atoms with Crippen LogP contribution in [0.25, 0.3) is 0 Å². The van der Waals surface area contributed by atoms with Crippen LogP contribution >= 0.6 is 22.6 Å². The first kappa shape index (κ1) is 11.8. The normalized spacial score (nSPS) is 27.6. The summed E-state index contributed by atoms with van der Waals surface area (Å²) >= 11 is 2.41. The van der Waals surface area contributed by atoms with Gasteiger partial charge in [-0.1, -0.05) is 34.7 Å². The average Bonchev–Trinajstić information content (AvgIpc) is 2.17. The Morgan fingerprint density at radius 3 is 2.71 bits per heavy atom. The number of carbonyl (C=O) groups is 1. The van der Waals surface area contributed by atoms with Crippen LogP contribution in [0.4, 0.5) is 4.79 Å². The van der Waals surface area contributed by atoms with Gasteiger partial charge < -0.3 is 10.1 Å². The predicted molar refractivity (Wildman–Crippen MR) is 64.7 cm³/mol. The minimum atomic E-state index is -0.318. The van der Waals surface area contributed by atoms with Crippen LogP contribution in [-0.2, 0) is 4.74 Å². The summed E-state index contributed by atoms with van der Waals surface area (Å²) in [4.78, 5) is 11.1. The molecule has 2 atom stereocenters. The maximum atomic E-state index is 11.1. The molecule has 1 aliphatic carbocycles. The zero-order chi connectivity index (χ0) is 10.4. The summed E-state index contributed by atoms with van der Waals surface area (Å²) in [5.74, 6) is 0. The van der Waals surface area contributed by atoms with Crippen LogP contribution in [0.15, 0.2) is 12.2 Å². The molecule has 0 spiro atoms. The zero-order valence-corrected chi connectivity index (χ0v) is 10.5. The third kappa shape index (κ3) is 3.86. The van der Waals surface area contributed by atoms with Gasteiger partial charge in [0.25, 0.3) is 0 Å². The lowest BCUT2D eigenvalue weighted by Crippen LogP contribution is -2.41. The van der Waals surface area contributed by atoms with E-state index in [1.54, 1.807) is 0 Å². The molecule has 1 amide bonds. The van der Waals surface area contributed by atoms with Crippen LogP contribution in [0.3, 0.4) is 0 Å². The highest BCUT2D eigenvalue weighted by Crippen LogP contribution is 2.20. The number of allylic oxidation sites excluding steroid dienone is 2. The van der Waals surface area contributed by atoms with Gasteiger partial charge in [0.2, 0.25) is 0 Å². The highest BCUT2D eigenvalue weighted by Gasteiger charge is 2.20. The monoisotopic (exact) mass is 309 g/mol. The van der Waals surface area contributed by atoms with E-state index in [4.69, 9.17) is 0 Å². The number of alkyl halides is 1. The first-order valence-electron chi connectivity index (χ1n) is 4.87. The molecule has 0 heterocycles. The molecule has 0 aromatic rings. The summed E-state index contributed by atoms with van der Waals surface area (Å²) in [6, 6.07) is 0.244. The lowest BCUT2D eigenvalue weighted by Gasteiger charge is -2.23. The summed E-state index contributed by atoms with van der Waals surface area (Å²) in [5, 5.41) is 2.88. The Hall–Kier alpha value is -0.260. The Balaban J connectivity index is 2.47. The summed E-state index contributed by atoms with van der Waals surface area (Å²) in [6.45, 7) is 0. The van der Waals surface area contributed by atoms with Crippen LogP contribution in [0.2, 0.25) is 0 Å². The lowest BCUT2D eigenvalue weighted by atomic mass is 10.0. The summed E-state index contributed by atoms with van der Waals surface area (Å²) in [5.41, 5.74) is 0. The standard InChI is InChI=1S/C10H16INO2/c1-14-10(13)12-9-7-5-3-2-4-6-8(9)11/h2-3,8-9H,4-7H2,1H3,(H,12,13)/t8-,9+/m0/s1. The van der Waals surface area contributed by atoms with Gasteiger partial charge in [0, 0.05) is 9.97 Å². The number of nitrogens with one attached hydrogen (secondary N) is 1. The molecule has 0 bridgehead atoms. The Bertz CT molecular complexity index is 218. The molecule has 0 aromatic carbocycles. The maximum Gasteiger partial charge on any atom is 0.407 e. The molecule has 0 aliphatic heterocycles. The Morgan fingerprint density at radius 2 is 2.07 bits per heavy atom. The molecule has 0 saturated heterocycles. The van der Waals surface area contributed by atoms with Crippen LogP contribution in [0.5, 0.6) is 0 Å². The van der Waals surface area contributed by atoms with Crippen molar-refractivity contribution in [2.24, 2.45) is 0 Å². The van der Waals surface area contributed by atoms with E-state index in [2.05, 4.69) is 44.8 Å². The van der Waals surface area contributed by atoms with Gasteiger partial charge in [-0.05, 0) is 25.7 Å². The van der Waals surface area contributed by atoms with Crippen molar-refractivity contribution in [2.45, 2.75) is 35.6 Å². The summed E-state index contributed by atoms with van der Waals surface area (Å²) < 4.78 is 5.10. The highest BCUT2D eigenvalue weighted by molar-refractivity contribution is 14.1. The van der Waals surface area contributed by atoms with Crippen molar-refractivity contribution in [1.29, 1.82) is 0 Å². The minimum Gasteiger partial charge on any atom is -0.453 e. The average molecular weight is 309 g/mol. The molecule has 80 valence electrons. The van der Waals surface area contributed by atoms with E-state index in [9.17, 15) is 4.79 Å². The molecule has 1 N–H and O–H groups in total. The number of methoxy groups -OCH3 is 1. The Morgan fingerprint density at radius 1 is 1.43 bits per heavy atom. The molecule has 0 unspecified atom stereocenters. The first-order valence-corrected chi connectivity index (χ1v) is 6.12. The number of amides is 1. The molecule has 4 heteroatoms. The van der Waals surface area contributed by atoms with E-state index in [0.29, 0.717) is 3.92 Å². The zero-order valence-electron chi connectivity index (χ0n) is 8.33. The number of halogens is 1. The number of rotatable bonds is 1. The molecule has 14 heavy (non-hydrogen) atoms. The third-order valence-electron chi connectivity index (χ3n) is 2.35. The van der Waals surface area contributed by atoms with Crippen molar-refractivity contribution in [1.82, 2.24) is 5.32 Å². The van der Waals surface area contributed by atoms with Crippen LogP contribution in [-0.4, -0.2) is 23.2 Å². The van der Waals surface area contributed by atoms with E-state index in [1.807, 2.05) is 0 Å². The lowest BCUT2D eigenvalue weighted by molar-refractivity contribution is 0.165. The van der Waals surface area contributed by atoms with Crippen LogP contribution in [0, 0.1) is 0 Å².